The van der Waals surface area contributed by atoms with Gasteiger partial charge in [-0.1, -0.05) is 30.3 Å². The molecule has 0 amide bonds. The zero-order chi connectivity index (χ0) is 16.6. The summed E-state index contributed by atoms with van der Waals surface area (Å²) in [5.74, 6) is -1.34. The number of carbonyl (C=O) groups excluding carboxylic acids is 2. The Morgan fingerprint density at radius 3 is 2.26 bits per heavy atom. The van der Waals surface area contributed by atoms with Crippen molar-refractivity contribution in [1.29, 1.82) is 0 Å². The van der Waals surface area contributed by atoms with Gasteiger partial charge < -0.3 is 5.32 Å². The minimum Gasteiger partial charge on any atom is -0.355 e. The summed E-state index contributed by atoms with van der Waals surface area (Å²) >= 11 is 0. The molecule has 0 radical (unpaired) electrons. The van der Waals surface area contributed by atoms with E-state index in [-0.39, 0.29) is 11.3 Å². The lowest BCUT2D eigenvalue weighted by molar-refractivity contribution is -0.137. The van der Waals surface area contributed by atoms with E-state index in [1.165, 1.54) is 18.2 Å². The first-order chi connectivity index (χ1) is 10.9. The number of Topliss-reactive ketones (excluding diaryl/α,β-unsaturated/α-hetero) is 1. The van der Waals surface area contributed by atoms with E-state index >= 15 is 0 Å². The van der Waals surface area contributed by atoms with E-state index in [4.69, 9.17) is 0 Å². The second kappa shape index (κ2) is 5.39. The van der Waals surface area contributed by atoms with Crippen molar-refractivity contribution >= 4 is 23.0 Å². The van der Waals surface area contributed by atoms with E-state index in [2.05, 4.69) is 5.32 Å². The summed E-state index contributed by atoms with van der Waals surface area (Å²) < 4.78 is 38.3. The first-order valence-electron chi connectivity index (χ1n) is 6.70. The number of rotatable bonds is 2. The fraction of sp³-hybridized carbons (Fsp3) is 0.0588. The predicted molar refractivity (Wildman–Crippen MR) is 78.8 cm³/mol. The van der Waals surface area contributed by atoms with Crippen LogP contribution in [-0.2, 0) is 11.0 Å². The van der Waals surface area contributed by atoms with E-state index in [1.54, 1.807) is 18.2 Å². The van der Waals surface area contributed by atoms with Crippen LogP contribution in [0.1, 0.15) is 21.5 Å². The Hall–Kier alpha value is -2.89. The number of hydrogen-bond acceptors (Lipinski definition) is 3. The molecule has 0 saturated carbocycles. The van der Waals surface area contributed by atoms with Crippen LogP contribution >= 0.6 is 0 Å². The molecule has 2 aromatic rings. The van der Waals surface area contributed by atoms with Crippen LogP contribution in [0.4, 0.5) is 18.9 Å². The van der Waals surface area contributed by atoms with Gasteiger partial charge in [-0.05, 0) is 18.2 Å². The van der Waals surface area contributed by atoms with Crippen molar-refractivity contribution in [2.75, 3.05) is 5.32 Å². The SMILES string of the molecule is O=C1C=C(Nc2cccc(C(F)(F)F)c2)c2ccccc2C1=O. The first kappa shape index (κ1) is 15.0. The smallest absolute Gasteiger partial charge is 0.355 e. The van der Waals surface area contributed by atoms with Crippen molar-refractivity contribution < 1.29 is 22.8 Å². The maximum absolute atomic E-state index is 12.8. The highest BCUT2D eigenvalue weighted by Crippen LogP contribution is 2.32. The molecule has 0 aromatic heterocycles. The van der Waals surface area contributed by atoms with Crippen molar-refractivity contribution in [2.45, 2.75) is 6.18 Å². The molecule has 0 atom stereocenters. The average molecular weight is 317 g/mol. The van der Waals surface area contributed by atoms with Gasteiger partial charge in [-0.15, -0.1) is 0 Å². The highest BCUT2D eigenvalue weighted by molar-refractivity contribution is 6.50. The lowest BCUT2D eigenvalue weighted by Gasteiger charge is -2.18. The Morgan fingerprint density at radius 2 is 1.57 bits per heavy atom. The van der Waals surface area contributed by atoms with Gasteiger partial charge in [0.1, 0.15) is 0 Å². The quantitative estimate of drug-likeness (QED) is 0.854. The van der Waals surface area contributed by atoms with Gasteiger partial charge in [0.15, 0.2) is 0 Å². The molecule has 0 aliphatic heterocycles. The van der Waals surface area contributed by atoms with Crippen LogP contribution < -0.4 is 5.32 Å². The molecule has 1 aliphatic carbocycles. The van der Waals surface area contributed by atoms with E-state index in [1.807, 2.05) is 0 Å². The Morgan fingerprint density at radius 1 is 0.870 bits per heavy atom. The topological polar surface area (TPSA) is 46.2 Å². The molecule has 0 heterocycles. The summed E-state index contributed by atoms with van der Waals surface area (Å²) in [6.45, 7) is 0. The van der Waals surface area contributed by atoms with Crippen molar-refractivity contribution in [1.82, 2.24) is 0 Å². The largest absolute Gasteiger partial charge is 0.416 e. The zero-order valence-electron chi connectivity index (χ0n) is 11.6. The summed E-state index contributed by atoms with van der Waals surface area (Å²) in [6.07, 6.45) is -3.35. The highest BCUT2D eigenvalue weighted by Gasteiger charge is 2.31. The summed E-state index contributed by atoms with van der Waals surface area (Å²) in [5, 5.41) is 2.79. The Kier molecular flexibility index (Phi) is 3.52. The van der Waals surface area contributed by atoms with Crippen LogP contribution in [0.5, 0.6) is 0 Å². The Labute approximate surface area is 129 Å². The fourth-order valence-corrected chi connectivity index (χ4v) is 2.36. The summed E-state index contributed by atoms with van der Waals surface area (Å²) in [7, 11) is 0. The molecule has 0 unspecified atom stereocenters. The van der Waals surface area contributed by atoms with Crippen molar-refractivity contribution in [3.63, 3.8) is 0 Å². The van der Waals surface area contributed by atoms with E-state index in [0.29, 0.717) is 11.3 Å². The molecule has 23 heavy (non-hydrogen) atoms. The molecule has 116 valence electrons. The van der Waals surface area contributed by atoms with Gasteiger partial charge in [0, 0.05) is 22.9 Å². The van der Waals surface area contributed by atoms with Gasteiger partial charge in [-0.2, -0.15) is 13.2 Å². The van der Waals surface area contributed by atoms with Crippen molar-refractivity contribution in [2.24, 2.45) is 0 Å². The zero-order valence-corrected chi connectivity index (χ0v) is 11.6. The van der Waals surface area contributed by atoms with Gasteiger partial charge in [0.2, 0.25) is 11.6 Å². The number of allylic oxidation sites excluding steroid dienone is 1. The molecule has 3 nitrogen and oxygen atoms in total. The third-order valence-corrected chi connectivity index (χ3v) is 3.43. The van der Waals surface area contributed by atoms with E-state index in [9.17, 15) is 22.8 Å². The number of anilines is 1. The normalized spacial score (nSPS) is 14.3. The number of fused-ring (bicyclic) bond motifs is 1. The van der Waals surface area contributed by atoms with Gasteiger partial charge in [-0.3, -0.25) is 9.59 Å². The maximum Gasteiger partial charge on any atom is 0.416 e. The number of carbonyl (C=O) groups is 2. The molecule has 3 rings (SSSR count). The Bertz CT molecular complexity index is 838. The number of nitrogens with one attached hydrogen (secondary N) is 1. The number of alkyl halides is 3. The van der Waals surface area contributed by atoms with Crippen molar-refractivity contribution in [3.8, 4) is 0 Å². The number of hydrogen-bond donors (Lipinski definition) is 1. The van der Waals surface area contributed by atoms with Gasteiger partial charge in [0.05, 0.1) is 11.3 Å². The number of halogens is 3. The number of benzene rings is 2. The minimum atomic E-state index is -4.46. The van der Waals surface area contributed by atoms with E-state index in [0.717, 1.165) is 18.2 Å². The molecule has 1 aliphatic rings. The molecule has 0 bridgehead atoms. The maximum atomic E-state index is 12.8. The molecular weight excluding hydrogens is 307 g/mol. The summed E-state index contributed by atoms with van der Waals surface area (Å²) in [5.41, 5.74) is 0.395. The van der Waals surface area contributed by atoms with Crippen LogP contribution in [0.15, 0.2) is 54.6 Å². The third kappa shape index (κ3) is 2.88. The molecule has 0 spiro atoms. The monoisotopic (exact) mass is 317 g/mol. The van der Waals surface area contributed by atoms with Crippen LogP contribution in [0.25, 0.3) is 5.70 Å². The minimum absolute atomic E-state index is 0.183. The van der Waals surface area contributed by atoms with E-state index < -0.39 is 23.3 Å². The first-order valence-corrected chi connectivity index (χ1v) is 6.70. The summed E-state index contributed by atoms with van der Waals surface area (Å²) in [4.78, 5) is 23.6. The van der Waals surface area contributed by atoms with Gasteiger partial charge in [-0.25, -0.2) is 0 Å². The average Bonchev–Trinajstić information content (AvgIpc) is 2.52. The second-order valence-corrected chi connectivity index (χ2v) is 5.00. The fourth-order valence-electron chi connectivity index (χ4n) is 2.36. The van der Waals surface area contributed by atoms with Gasteiger partial charge >= 0.3 is 6.18 Å². The standard InChI is InChI=1S/C17H10F3NO2/c18-17(19,20)10-4-3-5-11(8-10)21-14-9-15(22)16(23)13-7-2-1-6-12(13)14/h1-9,21H. The van der Waals surface area contributed by atoms with Crippen LogP contribution in [0.3, 0.4) is 0 Å². The predicted octanol–water partition coefficient (Wildman–Crippen LogP) is 3.92. The second-order valence-electron chi connectivity index (χ2n) is 5.00. The lowest BCUT2D eigenvalue weighted by Crippen LogP contribution is -2.21. The van der Waals surface area contributed by atoms with Crippen LogP contribution in [-0.4, -0.2) is 11.6 Å². The summed E-state index contributed by atoms with van der Waals surface area (Å²) in [6, 6.07) is 11.1. The van der Waals surface area contributed by atoms with Crippen molar-refractivity contribution in [3.05, 3.63) is 71.3 Å². The molecular formula is C17H10F3NO2. The molecule has 0 fully saturated rings. The third-order valence-electron chi connectivity index (χ3n) is 3.43. The molecule has 6 heteroatoms. The molecule has 1 N–H and O–H groups in total. The number of ketones is 2. The van der Waals surface area contributed by atoms with Crippen LogP contribution in [0, 0.1) is 0 Å². The molecule has 2 aromatic carbocycles. The van der Waals surface area contributed by atoms with Crippen LogP contribution in [0.2, 0.25) is 0 Å². The van der Waals surface area contributed by atoms with Gasteiger partial charge in [0.25, 0.3) is 0 Å². The molecule has 0 saturated heterocycles. The Balaban J connectivity index is 1.99. The lowest BCUT2D eigenvalue weighted by atomic mass is 9.92. The highest BCUT2D eigenvalue weighted by atomic mass is 19.4.